The number of amides is 1. The first-order valence-electron chi connectivity index (χ1n) is 9.47. The van der Waals surface area contributed by atoms with Crippen LogP contribution in [-0.2, 0) is 4.79 Å². The van der Waals surface area contributed by atoms with E-state index in [9.17, 15) is 4.79 Å². The van der Waals surface area contributed by atoms with Crippen LogP contribution in [0.25, 0.3) is 0 Å². The summed E-state index contributed by atoms with van der Waals surface area (Å²) in [6.45, 7) is 3.65. The van der Waals surface area contributed by atoms with Gasteiger partial charge in [0.25, 0.3) is 0 Å². The highest BCUT2D eigenvalue weighted by Crippen LogP contribution is 2.38. The molecule has 2 fully saturated rings. The Morgan fingerprint density at radius 3 is 2.62 bits per heavy atom. The van der Waals surface area contributed by atoms with Gasteiger partial charge in [0.15, 0.2) is 0 Å². The number of nitrogens with two attached hydrogens (primary N) is 1. The Labute approximate surface area is 149 Å². The molecule has 1 aliphatic carbocycles. The SMILES string of the molecule is NCC1(CC(=O)NCC(c2cccs2)N2CCCC2)CCCCC1. The monoisotopic (exact) mass is 349 g/mol. The van der Waals surface area contributed by atoms with Crippen molar-refractivity contribution in [1.82, 2.24) is 10.2 Å². The summed E-state index contributed by atoms with van der Waals surface area (Å²) in [7, 11) is 0. The number of nitrogens with zero attached hydrogens (tertiary/aromatic N) is 1. The van der Waals surface area contributed by atoms with E-state index in [2.05, 4.69) is 27.7 Å². The normalized spacial score (nSPS) is 22.4. The molecule has 5 heteroatoms. The molecule has 1 aliphatic heterocycles. The zero-order chi connectivity index (χ0) is 16.8. The molecule has 2 aliphatic rings. The Kier molecular flexibility index (Phi) is 6.31. The van der Waals surface area contributed by atoms with Gasteiger partial charge < -0.3 is 11.1 Å². The summed E-state index contributed by atoms with van der Waals surface area (Å²) in [6, 6.07) is 4.63. The second-order valence-corrected chi connectivity index (χ2v) is 8.50. The van der Waals surface area contributed by atoms with Crippen LogP contribution in [0.5, 0.6) is 0 Å². The van der Waals surface area contributed by atoms with Crippen molar-refractivity contribution in [2.75, 3.05) is 26.2 Å². The number of hydrogen-bond acceptors (Lipinski definition) is 4. The molecule has 3 rings (SSSR count). The van der Waals surface area contributed by atoms with E-state index >= 15 is 0 Å². The zero-order valence-electron chi connectivity index (χ0n) is 14.6. The highest BCUT2D eigenvalue weighted by molar-refractivity contribution is 7.10. The molecule has 0 aromatic carbocycles. The molecular formula is C19H31N3OS. The smallest absolute Gasteiger partial charge is 0.220 e. The molecule has 1 atom stereocenters. The third kappa shape index (κ3) is 4.38. The molecule has 0 bridgehead atoms. The van der Waals surface area contributed by atoms with E-state index in [0.717, 1.165) is 32.5 Å². The Morgan fingerprint density at radius 1 is 1.25 bits per heavy atom. The highest BCUT2D eigenvalue weighted by Gasteiger charge is 2.33. The first-order chi connectivity index (χ1) is 11.7. The maximum atomic E-state index is 12.6. The van der Waals surface area contributed by atoms with Crippen molar-refractivity contribution in [3.63, 3.8) is 0 Å². The van der Waals surface area contributed by atoms with Crippen LogP contribution in [0.1, 0.15) is 62.3 Å². The third-order valence-corrected chi connectivity index (χ3v) is 6.80. The molecule has 1 unspecified atom stereocenters. The van der Waals surface area contributed by atoms with Crippen LogP contribution in [-0.4, -0.2) is 37.0 Å². The summed E-state index contributed by atoms with van der Waals surface area (Å²) in [4.78, 5) is 16.5. The second kappa shape index (κ2) is 8.45. The summed E-state index contributed by atoms with van der Waals surface area (Å²) in [5, 5.41) is 5.36. The van der Waals surface area contributed by atoms with E-state index in [4.69, 9.17) is 5.73 Å². The molecule has 134 valence electrons. The standard InChI is InChI=1S/C19H31N3OS/c20-15-19(8-2-1-3-9-19)13-18(23)21-14-16(17-7-6-12-24-17)22-10-4-5-11-22/h6-7,12,16H,1-5,8-11,13-15,20H2,(H,21,23). The molecule has 0 spiro atoms. The van der Waals surface area contributed by atoms with Crippen LogP contribution in [0.2, 0.25) is 0 Å². The van der Waals surface area contributed by atoms with Gasteiger partial charge in [0.2, 0.25) is 5.91 Å². The summed E-state index contributed by atoms with van der Waals surface area (Å²) in [5.41, 5.74) is 6.08. The number of thiophene rings is 1. The van der Waals surface area contributed by atoms with Gasteiger partial charge in [-0.1, -0.05) is 25.3 Å². The fraction of sp³-hybridized carbons (Fsp3) is 0.737. The van der Waals surface area contributed by atoms with Crippen molar-refractivity contribution >= 4 is 17.2 Å². The van der Waals surface area contributed by atoms with Crippen molar-refractivity contribution < 1.29 is 4.79 Å². The summed E-state index contributed by atoms with van der Waals surface area (Å²) < 4.78 is 0. The van der Waals surface area contributed by atoms with Crippen LogP contribution >= 0.6 is 11.3 Å². The molecule has 1 saturated heterocycles. The molecule has 2 heterocycles. The number of nitrogens with one attached hydrogen (secondary N) is 1. The number of carbonyl (C=O) groups excluding carboxylic acids is 1. The van der Waals surface area contributed by atoms with Gasteiger partial charge in [-0.25, -0.2) is 0 Å². The minimum atomic E-state index is 0.0500. The van der Waals surface area contributed by atoms with Gasteiger partial charge in [0.05, 0.1) is 6.04 Å². The van der Waals surface area contributed by atoms with Gasteiger partial charge in [-0.2, -0.15) is 0 Å². The van der Waals surface area contributed by atoms with Crippen molar-refractivity contribution in [1.29, 1.82) is 0 Å². The van der Waals surface area contributed by atoms with E-state index in [1.807, 2.05) is 0 Å². The zero-order valence-corrected chi connectivity index (χ0v) is 15.5. The van der Waals surface area contributed by atoms with Gasteiger partial charge in [0.1, 0.15) is 0 Å². The van der Waals surface area contributed by atoms with Gasteiger partial charge >= 0.3 is 0 Å². The second-order valence-electron chi connectivity index (χ2n) is 7.52. The minimum Gasteiger partial charge on any atom is -0.354 e. The number of carbonyl (C=O) groups is 1. The van der Waals surface area contributed by atoms with Crippen molar-refractivity contribution in [2.45, 2.75) is 57.4 Å². The average molecular weight is 350 g/mol. The third-order valence-electron chi connectivity index (χ3n) is 5.83. The maximum absolute atomic E-state index is 12.6. The molecular weight excluding hydrogens is 318 g/mol. The molecule has 1 aromatic heterocycles. The van der Waals surface area contributed by atoms with Crippen LogP contribution in [0.3, 0.4) is 0 Å². The Hall–Kier alpha value is -0.910. The largest absolute Gasteiger partial charge is 0.354 e. The number of hydrogen-bond donors (Lipinski definition) is 2. The van der Waals surface area contributed by atoms with E-state index in [1.54, 1.807) is 11.3 Å². The lowest BCUT2D eigenvalue weighted by atomic mass is 9.71. The highest BCUT2D eigenvalue weighted by atomic mass is 32.1. The van der Waals surface area contributed by atoms with Crippen LogP contribution in [0, 0.1) is 5.41 Å². The average Bonchev–Trinajstić information content (AvgIpc) is 3.30. The van der Waals surface area contributed by atoms with Gasteiger partial charge in [-0.15, -0.1) is 11.3 Å². The van der Waals surface area contributed by atoms with Gasteiger partial charge in [-0.3, -0.25) is 9.69 Å². The quantitative estimate of drug-likeness (QED) is 0.794. The first kappa shape index (κ1) is 17.9. The molecule has 3 N–H and O–H groups in total. The lowest BCUT2D eigenvalue weighted by Gasteiger charge is -2.36. The first-order valence-corrected chi connectivity index (χ1v) is 10.3. The van der Waals surface area contributed by atoms with E-state index in [1.165, 1.54) is 37.0 Å². The van der Waals surface area contributed by atoms with Crippen molar-refractivity contribution in [3.8, 4) is 0 Å². The van der Waals surface area contributed by atoms with E-state index in [0.29, 0.717) is 19.0 Å². The predicted molar refractivity (Wildman–Crippen MR) is 100 cm³/mol. The lowest BCUT2D eigenvalue weighted by Crippen LogP contribution is -2.41. The predicted octanol–water partition coefficient (Wildman–Crippen LogP) is 3.30. The van der Waals surface area contributed by atoms with E-state index < -0.39 is 0 Å². The van der Waals surface area contributed by atoms with Crippen LogP contribution in [0.15, 0.2) is 17.5 Å². The Morgan fingerprint density at radius 2 is 2.00 bits per heavy atom. The van der Waals surface area contributed by atoms with Crippen LogP contribution < -0.4 is 11.1 Å². The molecule has 1 aromatic rings. The summed E-state index contributed by atoms with van der Waals surface area (Å²) in [5.74, 6) is 0.183. The fourth-order valence-electron chi connectivity index (χ4n) is 4.31. The van der Waals surface area contributed by atoms with Crippen LogP contribution in [0.4, 0.5) is 0 Å². The van der Waals surface area contributed by atoms with Gasteiger partial charge in [0, 0.05) is 17.8 Å². The van der Waals surface area contributed by atoms with Crippen molar-refractivity contribution in [2.24, 2.45) is 11.1 Å². The molecule has 1 saturated carbocycles. The summed E-state index contributed by atoms with van der Waals surface area (Å²) >= 11 is 1.80. The summed E-state index contributed by atoms with van der Waals surface area (Å²) in [6.07, 6.45) is 9.08. The van der Waals surface area contributed by atoms with Gasteiger partial charge in [-0.05, 0) is 62.2 Å². The lowest BCUT2D eigenvalue weighted by molar-refractivity contribution is -0.124. The fourth-order valence-corrected chi connectivity index (χ4v) is 5.17. The Bertz CT molecular complexity index is 505. The number of rotatable bonds is 7. The molecule has 1 amide bonds. The Balaban J connectivity index is 1.56. The van der Waals surface area contributed by atoms with Crippen molar-refractivity contribution in [3.05, 3.63) is 22.4 Å². The molecule has 4 nitrogen and oxygen atoms in total. The number of likely N-dealkylation sites (tertiary alicyclic amines) is 1. The molecule has 24 heavy (non-hydrogen) atoms. The maximum Gasteiger partial charge on any atom is 0.220 e. The van der Waals surface area contributed by atoms with E-state index in [-0.39, 0.29) is 11.3 Å². The topological polar surface area (TPSA) is 58.4 Å². The molecule has 0 radical (unpaired) electrons. The minimum absolute atomic E-state index is 0.0500.